The predicted molar refractivity (Wildman–Crippen MR) is 258 cm³/mol. The lowest BCUT2D eigenvalue weighted by Gasteiger charge is -2.19. The molecule has 0 atom stereocenters. The van der Waals surface area contributed by atoms with Gasteiger partial charge in [0.2, 0.25) is 6.08 Å². The lowest BCUT2D eigenvalue weighted by atomic mass is 10.2. The second-order valence-electron chi connectivity index (χ2n) is 17.4. The molecule has 0 saturated heterocycles. The molecule has 0 spiro atoms. The van der Waals surface area contributed by atoms with Gasteiger partial charge in [-0.2, -0.15) is 0 Å². The molecule has 0 aliphatic heterocycles. The number of alkyl halides is 1. The number of nitrogens with one attached hydrogen (secondary N) is 7. The van der Waals surface area contributed by atoms with Gasteiger partial charge in [-0.1, -0.05) is 107 Å². The van der Waals surface area contributed by atoms with E-state index >= 15 is 0 Å². The summed E-state index contributed by atoms with van der Waals surface area (Å²) in [6.45, 7) is 22.5. The van der Waals surface area contributed by atoms with Gasteiger partial charge >= 0.3 is 36.2 Å². The van der Waals surface area contributed by atoms with E-state index in [4.69, 9.17) is 24.8 Å². The summed E-state index contributed by atoms with van der Waals surface area (Å²) in [7, 11) is 0. The zero-order chi connectivity index (χ0) is 51.5. The first-order valence-corrected chi connectivity index (χ1v) is 21.8. The number of carbonyl (C=O) groups excluding carboxylic acids is 7. The summed E-state index contributed by atoms with van der Waals surface area (Å²) in [5.74, 6) is 4.11. The molecule has 20 nitrogen and oxygen atoms in total. The number of ether oxygens (including phenoxy) is 4. The summed E-state index contributed by atoms with van der Waals surface area (Å²) in [5, 5.41) is 5.52. The molecule has 67 heavy (non-hydrogen) atoms. The average Bonchev–Trinajstić information content (AvgIpc) is 3.23. The van der Waals surface area contributed by atoms with Crippen LogP contribution in [-0.2, 0) is 53.0 Å². The maximum Gasteiger partial charge on any atom is 0.426 e. The first-order valence-electron chi connectivity index (χ1n) is 20.7. The molecule has 0 fully saturated rings. The molecule has 0 aliphatic carbocycles. The van der Waals surface area contributed by atoms with Crippen molar-refractivity contribution in [2.45, 2.75) is 125 Å². The number of nitrogens with two attached hydrogens (primary N) is 1. The molecule has 3 aromatic rings. The number of hydrazine groups is 3. The van der Waals surface area contributed by atoms with Crippen molar-refractivity contribution in [1.82, 2.24) is 37.8 Å². The number of amides is 6. The summed E-state index contributed by atoms with van der Waals surface area (Å²) in [5.41, 5.74) is 12.1. The van der Waals surface area contributed by atoms with E-state index in [1.807, 2.05) is 117 Å². The zero-order valence-electron chi connectivity index (χ0n) is 40.6. The predicted octanol–water partition coefficient (Wildman–Crippen LogP) is 6.89. The highest BCUT2D eigenvalue weighted by atomic mass is 79.9. The van der Waals surface area contributed by atoms with Crippen molar-refractivity contribution < 1.29 is 52.5 Å². The number of aliphatic imine (C=N–C) groups is 1. The Morgan fingerprint density at radius 2 is 0.910 bits per heavy atom. The molecule has 0 saturated carbocycles. The molecule has 0 unspecified atom stereocenters. The van der Waals surface area contributed by atoms with Crippen LogP contribution >= 0.6 is 15.9 Å². The van der Waals surface area contributed by atoms with Crippen molar-refractivity contribution in [1.29, 1.82) is 0 Å². The van der Waals surface area contributed by atoms with Gasteiger partial charge in [0.15, 0.2) is 0 Å². The van der Waals surface area contributed by atoms with Crippen molar-refractivity contribution >= 4 is 58.2 Å². The number of hydrogen-bond donors (Lipinski definition) is 8. The highest BCUT2D eigenvalue weighted by Gasteiger charge is 2.18. The highest BCUT2D eigenvalue weighted by molar-refractivity contribution is 9.09. The summed E-state index contributed by atoms with van der Waals surface area (Å²) >= 11 is 2.99. The van der Waals surface area contributed by atoms with Crippen LogP contribution < -0.4 is 43.6 Å². The first-order chi connectivity index (χ1) is 31.1. The van der Waals surface area contributed by atoms with Gasteiger partial charge < -0.3 is 29.6 Å². The molecule has 21 heteroatoms. The summed E-state index contributed by atoms with van der Waals surface area (Å²) in [6.07, 6.45) is 0.176. The van der Waals surface area contributed by atoms with E-state index in [-0.39, 0.29) is 23.4 Å². The smallest absolute Gasteiger partial charge is 0.426 e. The molecule has 0 radical (unpaired) electrons. The van der Waals surface area contributed by atoms with Gasteiger partial charge in [-0.25, -0.2) is 51.1 Å². The number of esters is 2. The average molecular weight is 1010 g/mol. The van der Waals surface area contributed by atoms with Gasteiger partial charge in [0.05, 0.1) is 6.54 Å². The number of benzene rings is 3. The van der Waals surface area contributed by atoms with E-state index in [0.717, 1.165) is 16.7 Å². The van der Waals surface area contributed by atoms with E-state index in [9.17, 15) is 33.6 Å². The van der Waals surface area contributed by atoms with Crippen LogP contribution in [0.25, 0.3) is 0 Å². The Balaban J connectivity index is 0. The molecule has 0 aromatic heterocycles. The summed E-state index contributed by atoms with van der Waals surface area (Å²) in [6, 6.07) is 27.6. The van der Waals surface area contributed by atoms with Crippen LogP contribution in [0, 0.1) is 0 Å². The van der Waals surface area contributed by atoms with Crippen molar-refractivity contribution in [2.24, 2.45) is 10.8 Å². The normalized spacial score (nSPS) is 10.4. The van der Waals surface area contributed by atoms with Gasteiger partial charge in [-0.15, -0.1) is 0 Å². The maximum atomic E-state index is 11.4. The molecule has 6 amide bonds. The maximum absolute atomic E-state index is 11.4. The molecule has 0 bridgehead atoms. The third kappa shape index (κ3) is 44.4. The Labute approximate surface area is 402 Å². The number of hydrogen-bond acceptors (Lipinski definition) is 14. The number of urea groups is 2. The number of isocyanates is 1. The fourth-order valence-electron chi connectivity index (χ4n) is 4.01. The Kier molecular flexibility index (Phi) is 31.6. The van der Waals surface area contributed by atoms with Crippen LogP contribution in [0.2, 0.25) is 0 Å². The molecular weight excluding hydrogens is 934 g/mol. The molecule has 9 N–H and O–H groups in total. The summed E-state index contributed by atoms with van der Waals surface area (Å²) < 4.78 is 19.6. The van der Waals surface area contributed by atoms with E-state index < -0.39 is 47.0 Å². The van der Waals surface area contributed by atoms with Crippen molar-refractivity contribution in [3.8, 4) is 0 Å². The Hall–Kier alpha value is -6.54. The number of rotatable bonds is 10. The van der Waals surface area contributed by atoms with Gasteiger partial charge in [-0.05, 0) is 99.8 Å². The topological polar surface area (TPSA) is 279 Å². The third-order valence-corrected chi connectivity index (χ3v) is 6.80. The number of carbonyl (C=O) groups is 6. The minimum absolute atomic E-state index is 0.0873. The lowest BCUT2D eigenvalue weighted by molar-refractivity contribution is -0.154. The Morgan fingerprint density at radius 3 is 1.25 bits per heavy atom. The fourth-order valence-corrected chi connectivity index (χ4v) is 4.13. The van der Waals surface area contributed by atoms with Crippen LogP contribution in [0.1, 0.15) is 99.8 Å². The van der Waals surface area contributed by atoms with Gasteiger partial charge in [-0.3, -0.25) is 20.4 Å². The highest BCUT2D eigenvalue weighted by Crippen LogP contribution is 2.09. The molecular formula is C46H70BrN9O11. The third-order valence-electron chi connectivity index (χ3n) is 6.34. The van der Waals surface area contributed by atoms with E-state index in [0.29, 0.717) is 19.6 Å². The molecule has 372 valence electrons. The van der Waals surface area contributed by atoms with Crippen LogP contribution in [0.5, 0.6) is 0 Å². The summed E-state index contributed by atoms with van der Waals surface area (Å²) in [4.78, 5) is 79.5. The van der Waals surface area contributed by atoms with Crippen molar-refractivity contribution in [3.05, 3.63) is 108 Å². The van der Waals surface area contributed by atoms with Gasteiger partial charge in [0.25, 0.3) is 0 Å². The van der Waals surface area contributed by atoms with Crippen LogP contribution in [0.15, 0.2) is 96.0 Å². The molecule has 3 rings (SSSR count). The fraction of sp³-hybridized carbons (Fsp3) is 0.457. The van der Waals surface area contributed by atoms with E-state index in [1.165, 1.54) is 6.08 Å². The SMILES string of the molecule is CC(C)(C)OC(=O)CBr.CC(C)(C)OC(=O)CNNC(=O)NCc1ccccc1.CC(C)(C)OC(=O)NN.CC(C)(C)OC(=O)NNC(=O)NCc1ccccc1.O=C=NCc1ccccc1. The minimum Gasteiger partial charge on any atom is -0.459 e. The largest absolute Gasteiger partial charge is 0.459 e. The van der Waals surface area contributed by atoms with Crippen LogP contribution in [0.4, 0.5) is 19.2 Å². The standard InChI is InChI=1S/C14H21N3O3.C13H19N3O3.C8H7NO.C6H11BrO2.C5H12N2O2/c1-14(2,3)20-12(18)10-16-17-13(19)15-9-11-7-5-4-6-8-11;1-13(2,3)19-12(18)16-15-11(17)14-9-10-7-5-4-6-8-10;10-7-9-6-8-4-2-1-3-5-8;1-6(2,3)9-5(8)4-7;1-5(2,3)9-4(8)7-6/h4-8,16H,9-10H2,1-3H3,(H2,15,17,19);4-8H,9H2,1-3H3,(H,16,18)(H2,14,15,17);1-5H,6H2;4H2,1-3H3;6H2,1-3H3,(H,7,8). The lowest BCUT2D eigenvalue weighted by Crippen LogP contribution is -2.48. The second kappa shape index (κ2) is 33.9. The Morgan fingerprint density at radius 1 is 0.537 bits per heavy atom. The zero-order valence-corrected chi connectivity index (χ0v) is 42.2. The number of halogens is 1. The van der Waals surface area contributed by atoms with Crippen LogP contribution in [0.3, 0.4) is 0 Å². The second-order valence-corrected chi connectivity index (χ2v) is 18.0. The minimum atomic E-state index is -0.706. The quantitative estimate of drug-likeness (QED) is 0.0150. The monoisotopic (exact) mass is 1000 g/mol. The first kappa shape index (κ1) is 62.5. The molecule has 0 heterocycles. The molecule has 3 aromatic carbocycles. The Bertz CT molecular complexity index is 1900. The van der Waals surface area contributed by atoms with Gasteiger partial charge in [0, 0.05) is 13.1 Å². The number of nitrogens with zero attached hydrogens (tertiary/aromatic N) is 1. The van der Waals surface area contributed by atoms with Gasteiger partial charge in [0.1, 0.15) is 34.3 Å². The van der Waals surface area contributed by atoms with E-state index in [2.05, 4.69) is 53.3 Å². The van der Waals surface area contributed by atoms with Crippen molar-refractivity contribution in [3.63, 3.8) is 0 Å². The van der Waals surface area contributed by atoms with Crippen molar-refractivity contribution in [2.75, 3.05) is 11.9 Å². The van der Waals surface area contributed by atoms with E-state index in [1.54, 1.807) is 62.3 Å². The van der Waals surface area contributed by atoms with Crippen LogP contribution in [-0.4, -0.2) is 76.5 Å². The molecule has 0 aliphatic rings.